The first-order valence-corrected chi connectivity index (χ1v) is 7.48. The molecule has 1 N–H and O–H groups in total. The van der Waals surface area contributed by atoms with Gasteiger partial charge in [-0.15, -0.1) is 0 Å². The number of imidazole rings is 1. The Morgan fingerprint density at radius 2 is 1.43 bits per heavy atom. The Morgan fingerprint density at radius 3 is 1.83 bits per heavy atom. The maximum Gasteiger partial charge on any atom is 0.123 e. The van der Waals surface area contributed by atoms with Crippen LogP contribution in [0.4, 0.5) is 8.78 Å². The molecule has 0 aliphatic heterocycles. The maximum atomic E-state index is 13.3. The highest BCUT2D eigenvalue weighted by molar-refractivity contribution is 5.37. The zero-order valence-corrected chi connectivity index (χ0v) is 12.5. The van der Waals surface area contributed by atoms with Crippen LogP contribution in [-0.2, 0) is 0 Å². The van der Waals surface area contributed by atoms with E-state index in [0.717, 1.165) is 16.8 Å². The Hall–Kier alpha value is -2.49. The Bertz CT molecular complexity index is 689. The fourth-order valence-corrected chi connectivity index (χ4v) is 2.96. The molecule has 0 aliphatic carbocycles. The van der Waals surface area contributed by atoms with Crippen molar-refractivity contribution >= 4 is 0 Å². The van der Waals surface area contributed by atoms with Gasteiger partial charge >= 0.3 is 0 Å². The lowest BCUT2D eigenvalue weighted by Gasteiger charge is -2.26. The molecule has 2 nitrogen and oxygen atoms in total. The van der Waals surface area contributed by atoms with Gasteiger partial charge in [-0.3, -0.25) is 0 Å². The topological polar surface area (TPSA) is 28.7 Å². The first-order chi connectivity index (χ1) is 11.2. The molecule has 1 radical (unpaired) electrons. The molecule has 1 unspecified atom stereocenters. The molecule has 3 aromatic rings. The maximum absolute atomic E-state index is 13.3. The van der Waals surface area contributed by atoms with Crippen molar-refractivity contribution in [3.8, 4) is 0 Å². The number of nitrogens with one attached hydrogen (secondary N) is 1. The van der Waals surface area contributed by atoms with Gasteiger partial charge in [-0.2, -0.15) is 0 Å². The van der Waals surface area contributed by atoms with Crippen LogP contribution < -0.4 is 0 Å². The van der Waals surface area contributed by atoms with Crippen molar-refractivity contribution in [3.63, 3.8) is 0 Å². The molecule has 0 saturated carbocycles. The molecule has 0 bridgehead atoms. The smallest absolute Gasteiger partial charge is 0.123 e. The standard InChI is InChI=1S/C19H17F2N2/c1-2-17(18-11-22-12-23-18)19(13-3-7-15(20)8-4-13)14-5-9-16(21)10-6-14/h3-12,17,19H,1-2H2,(H,22,23). The molecule has 117 valence electrons. The van der Waals surface area contributed by atoms with E-state index in [1.165, 1.54) is 24.3 Å². The summed E-state index contributed by atoms with van der Waals surface area (Å²) in [6.07, 6.45) is 4.09. The molecule has 23 heavy (non-hydrogen) atoms. The van der Waals surface area contributed by atoms with Crippen molar-refractivity contribution < 1.29 is 8.78 Å². The van der Waals surface area contributed by atoms with Crippen molar-refractivity contribution in [1.82, 2.24) is 9.97 Å². The minimum atomic E-state index is -0.280. The number of rotatable bonds is 5. The minimum Gasteiger partial charge on any atom is -0.351 e. The number of aromatic amines is 1. The quantitative estimate of drug-likeness (QED) is 0.718. The number of hydrogen-bond acceptors (Lipinski definition) is 1. The van der Waals surface area contributed by atoms with E-state index < -0.39 is 0 Å². The Kier molecular flexibility index (Phi) is 4.51. The molecule has 0 amide bonds. The van der Waals surface area contributed by atoms with Crippen LogP contribution in [-0.4, -0.2) is 9.97 Å². The fourth-order valence-electron chi connectivity index (χ4n) is 2.96. The van der Waals surface area contributed by atoms with Crippen LogP contribution in [0.1, 0.15) is 35.1 Å². The molecule has 4 heteroatoms. The predicted octanol–water partition coefficient (Wildman–Crippen LogP) is 4.83. The Labute approximate surface area is 134 Å². The second-order valence-electron chi connectivity index (χ2n) is 5.47. The second-order valence-corrected chi connectivity index (χ2v) is 5.47. The lowest BCUT2D eigenvalue weighted by atomic mass is 9.78. The summed E-state index contributed by atoms with van der Waals surface area (Å²) in [4.78, 5) is 7.31. The van der Waals surface area contributed by atoms with Gasteiger partial charge in [0.25, 0.3) is 0 Å². The van der Waals surface area contributed by atoms with Crippen molar-refractivity contribution in [2.24, 2.45) is 0 Å². The molecular weight excluding hydrogens is 294 g/mol. The number of nitrogens with zero attached hydrogens (tertiary/aromatic N) is 1. The first-order valence-electron chi connectivity index (χ1n) is 7.48. The number of hydrogen-bond donors (Lipinski definition) is 1. The van der Waals surface area contributed by atoms with E-state index in [2.05, 4.69) is 16.9 Å². The minimum absolute atomic E-state index is 0.0113. The van der Waals surface area contributed by atoms with Crippen LogP contribution in [0.3, 0.4) is 0 Å². The molecule has 1 heterocycles. The molecule has 1 atom stereocenters. The summed E-state index contributed by atoms with van der Waals surface area (Å²) >= 11 is 0. The third-order valence-electron chi connectivity index (χ3n) is 4.07. The molecule has 0 fully saturated rings. The van der Waals surface area contributed by atoms with Crippen LogP contribution in [0, 0.1) is 18.6 Å². The third-order valence-corrected chi connectivity index (χ3v) is 4.07. The molecule has 0 saturated heterocycles. The van der Waals surface area contributed by atoms with Gasteiger partial charge in [0.1, 0.15) is 11.6 Å². The third kappa shape index (κ3) is 3.31. The molecule has 0 aliphatic rings. The summed E-state index contributed by atoms with van der Waals surface area (Å²) in [5.74, 6) is -0.621. The van der Waals surface area contributed by atoms with Crippen LogP contribution in [0.25, 0.3) is 0 Å². The molecule has 1 aromatic heterocycles. The van der Waals surface area contributed by atoms with Crippen LogP contribution in [0.15, 0.2) is 61.1 Å². The number of benzene rings is 2. The van der Waals surface area contributed by atoms with Crippen LogP contribution in [0.2, 0.25) is 0 Å². The summed E-state index contributed by atoms with van der Waals surface area (Å²) in [5, 5.41) is 0. The Morgan fingerprint density at radius 1 is 0.913 bits per heavy atom. The zero-order valence-electron chi connectivity index (χ0n) is 12.5. The highest BCUT2D eigenvalue weighted by Gasteiger charge is 2.26. The number of aromatic nitrogens is 2. The van der Waals surface area contributed by atoms with E-state index in [4.69, 9.17) is 0 Å². The highest BCUT2D eigenvalue weighted by atomic mass is 19.1. The molecule has 2 aromatic carbocycles. The summed E-state index contributed by atoms with van der Waals surface area (Å²) in [5.41, 5.74) is 2.79. The van der Waals surface area contributed by atoms with Gasteiger partial charge in [-0.25, -0.2) is 13.8 Å². The summed E-state index contributed by atoms with van der Waals surface area (Å²) in [6, 6.07) is 12.8. The van der Waals surface area contributed by atoms with Crippen molar-refractivity contribution in [2.45, 2.75) is 18.3 Å². The zero-order chi connectivity index (χ0) is 16.2. The van der Waals surface area contributed by atoms with Crippen molar-refractivity contribution in [2.75, 3.05) is 0 Å². The van der Waals surface area contributed by atoms with Crippen molar-refractivity contribution in [3.05, 3.63) is 96.4 Å². The molecule has 0 spiro atoms. The largest absolute Gasteiger partial charge is 0.351 e. The number of H-pyrrole nitrogens is 1. The summed E-state index contributed by atoms with van der Waals surface area (Å²) in [7, 11) is 0. The van der Waals surface area contributed by atoms with Gasteiger partial charge in [0, 0.05) is 18.0 Å². The van der Waals surface area contributed by atoms with E-state index in [0.29, 0.717) is 6.42 Å². The average molecular weight is 311 g/mol. The van der Waals surface area contributed by atoms with Gasteiger partial charge < -0.3 is 4.98 Å². The SMILES string of the molecule is [CH2]CC(c1c[nH]cn1)C(c1ccc(F)cc1)c1ccc(F)cc1. The Balaban J connectivity index is 2.08. The van der Waals surface area contributed by atoms with Gasteiger partial charge in [0.2, 0.25) is 0 Å². The van der Waals surface area contributed by atoms with E-state index in [1.54, 1.807) is 30.6 Å². The monoisotopic (exact) mass is 311 g/mol. The normalized spacial score (nSPS) is 12.5. The van der Waals surface area contributed by atoms with Gasteiger partial charge in [0.15, 0.2) is 0 Å². The van der Waals surface area contributed by atoms with Crippen LogP contribution in [0.5, 0.6) is 0 Å². The molecule has 3 rings (SSSR count). The van der Waals surface area contributed by atoms with Gasteiger partial charge in [0.05, 0.1) is 12.0 Å². The van der Waals surface area contributed by atoms with E-state index in [1.807, 2.05) is 6.20 Å². The van der Waals surface area contributed by atoms with E-state index in [9.17, 15) is 8.78 Å². The molecular formula is C19H17F2N2. The van der Waals surface area contributed by atoms with Gasteiger partial charge in [-0.05, 0) is 41.8 Å². The lowest BCUT2D eigenvalue weighted by molar-refractivity contribution is 0.587. The van der Waals surface area contributed by atoms with Gasteiger partial charge in [-0.1, -0.05) is 31.2 Å². The second kappa shape index (κ2) is 6.73. The summed E-state index contributed by atoms with van der Waals surface area (Å²) in [6.45, 7) is 4.05. The number of halogens is 2. The highest BCUT2D eigenvalue weighted by Crippen LogP contribution is 2.39. The van der Waals surface area contributed by atoms with E-state index >= 15 is 0 Å². The lowest BCUT2D eigenvalue weighted by Crippen LogP contribution is -2.13. The van der Waals surface area contributed by atoms with E-state index in [-0.39, 0.29) is 23.5 Å². The predicted molar refractivity (Wildman–Crippen MR) is 85.9 cm³/mol. The average Bonchev–Trinajstić information content (AvgIpc) is 3.09. The fraction of sp³-hybridized carbons (Fsp3) is 0.158. The van der Waals surface area contributed by atoms with Crippen molar-refractivity contribution in [1.29, 1.82) is 0 Å². The summed E-state index contributed by atoms with van der Waals surface area (Å²) < 4.78 is 26.6. The first kappa shape index (κ1) is 15.4. The van der Waals surface area contributed by atoms with Crippen LogP contribution >= 0.6 is 0 Å².